The second kappa shape index (κ2) is 6.89. The molecular formula is C14H10Cl2F3NOS. The van der Waals surface area contributed by atoms with E-state index in [9.17, 15) is 18.0 Å². The molecule has 1 heterocycles. The van der Waals surface area contributed by atoms with E-state index in [0.29, 0.717) is 5.56 Å². The summed E-state index contributed by atoms with van der Waals surface area (Å²) in [5.74, 6) is -0.770. The lowest BCUT2D eigenvalue weighted by Crippen LogP contribution is -2.38. The van der Waals surface area contributed by atoms with Crippen molar-refractivity contribution in [2.75, 3.05) is 6.54 Å². The average Bonchev–Trinajstić information content (AvgIpc) is 2.87. The maximum Gasteiger partial charge on any atom is 0.406 e. The number of hydrogen-bond acceptors (Lipinski definition) is 2. The van der Waals surface area contributed by atoms with Gasteiger partial charge in [0, 0.05) is 22.2 Å². The number of amides is 1. The van der Waals surface area contributed by atoms with Gasteiger partial charge in [-0.15, -0.1) is 0 Å². The minimum absolute atomic E-state index is 0.0250. The second-order valence-corrected chi connectivity index (χ2v) is 6.22. The van der Waals surface area contributed by atoms with E-state index in [-0.39, 0.29) is 22.2 Å². The third-order valence-electron chi connectivity index (χ3n) is 2.72. The third kappa shape index (κ3) is 4.90. The molecule has 0 fully saturated rings. The van der Waals surface area contributed by atoms with Crippen LogP contribution in [-0.2, 0) is 6.54 Å². The van der Waals surface area contributed by atoms with Crippen molar-refractivity contribution in [2.45, 2.75) is 12.7 Å². The first-order valence-electron chi connectivity index (χ1n) is 6.08. The molecular weight excluding hydrogens is 358 g/mol. The zero-order valence-corrected chi connectivity index (χ0v) is 13.4. The summed E-state index contributed by atoms with van der Waals surface area (Å²) in [5, 5.41) is 3.82. The first kappa shape index (κ1) is 17.1. The Hall–Kier alpha value is -1.24. The Morgan fingerprint density at radius 2 is 1.82 bits per heavy atom. The lowest BCUT2D eigenvalue weighted by molar-refractivity contribution is -0.141. The standard InChI is InChI=1S/C14H10Cl2F3NOS/c15-11-3-10(4-12(16)5-11)13(21)20(8-14(17,18)19)6-9-1-2-22-7-9/h1-5,7H,6,8H2. The van der Waals surface area contributed by atoms with Gasteiger partial charge in [-0.1, -0.05) is 23.2 Å². The number of alkyl halides is 3. The fourth-order valence-corrected chi connectivity index (χ4v) is 3.06. The zero-order valence-electron chi connectivity index (χ0n) is 11.0. The number of carbonyl (C=O) groups is 1. The van der Waals surface area contributed by atoms with E-state index in [1.807, 2.05) is 0 Å². The third-order valence-corrected chi connectivity index (χ3v) is 3.89. The van der Waals surface area contributed by atoms with Gasteiger partial charge in [0.1, 0.15) is 6.54 Å². The molecule has 0 saturated heterocycles. The fraction of sp³-hybridized carbons (Fsp3) is 0.214. The highest BCUT2D eigenvalue weighted by Crippen LogP contribution is 2.24. The van der Waals surface area contributed by atoms with Gasteiger partial charge in [-0.2, -0.15) is 24.5 Å². The first-order valence-corrected chi connectivity index (χ1v) is 7.78. The summed E-state index contributed by atoms with van der Waals surface area (Å²) in [4.78, 5) is 13.1. The molecule has 1 aromatic carbocycles. The first-order chi connectivity index (χ1) is 10.2. The van der Waals surface area contributed by atoms with Crippen LogP contribution in [0.1, 0.15) is 15.9 Å². The summed E-state index contributed by atoms with van der Waals surface area (Å²) in [6.07, 6.45) is -4.49. The van der Waals surface area contributed by atoms with Crippen LogP contribution >= 0.6 is 34.5 Å². The van der Waals surface area contributed by atoms with Crippen LogP contribution in [0, 0.1) is 0 Å². The molecule has 0 aliphatic rings. The maximum absolute atomic E-state index is 12.7. The Kier molecular flexibility index (Phi) is 5.36. The molecule has 8 heteroatoms. The molecule has 2 nitrogen and oxygen atoms in total. The zero-order chi connectivity index (χ0) is 16.3. The lowest BCUT2D eigenvalue weighted by Gasteiger charge is -2.24. The van der Waals surface area contributed by atoms with E-state index in [1.165, 1.54) is 29.5 Å². The van der Waals surface area contributed by atoms with E-state index in [4.69, 9.17) is 23.2 Å². The Bertz CT molecular complexity index is 638. The van der Waals surface area contributed by atoms with E-state index in [1.54, 1.807) is 16.8 Å². The summed E-state index contributed by atoms with van der Waals surface area (Å²) in [6, 6.07) is 5.68. The number of thiophene rings is 1. The highest BCUT2D eigenvalue weighted by atomic mass is 35.5. The highest BCUT2D eigenvalue weighted by Gasteiger charge is 2.33. The smallest absolute Gasteiger partial charge is 0.325 e. The number of nitrogens with zero attached hydrogens (tertiary/aromatic N) is 1. The minimum atomic E-state index is -4.49. The molecule has 2 aromatic rings. The molecule has 1 amide bonds. The largest absolute Gasteiger partial charge is 0.406 e. The second-order valence-electron chi connectivity index (χ2n) is 4.57. The summed E-state index contributed by atoms with van der Waals surface area (Å²) in [6.45, 7) is -1.47. The number of hydrogen-bond donors (Lipinski definition) is 0. The monoisotopic (exact) mass is 367 g/mol. The number of halogens is 5. The van der Waals surface area contributed by atoms with E-state index >= 15 is 0 Å². The molecule has 0 spiro atoms. The molecule has 0 saturated carbocycles. The van der Waals surface area contributed by atoms with Crippen LogP contribution in [0.2, 0.25) is 10.0 Å². The maximum atomic E-state index is 12.7. The molecule has 0 N–H and O–H groups in total. The van der Waals surface area contributed by atoms with Crippen molar-refractivity contribution in [3.8, 4) is 0 Å². The van der Waals surface area contributed by atoms with Crippen molar-refractivity contribution in [2.24, 2.45) is 0 Å². The van der Waals surface area contributed by atoms with Gasteiger partial charge < -0.3 is 4.90 Å². The minimum Gasteiger partial charge on any atom is -0.325 e. The predicted octanol–water partition coefficient (Wildman–Crippen LogP) is 5.26. The summed E-state index contributed by atoms with van der Waals surface area (Å²) >= 11 is 12.9. The van der Waals surface area contributed by atoms with Crippen LogP contribution in [0.4, 0.5) is 13.2 Å². The molecule has 0 radical (unpaired) electrons. The topological polar surface area (TPSA) is 20.3 Å². The van der Waals surface area contributed by atoms with Gasteiger partial charge in [-0.25, -0.2) is 0 Å². The number of rotatable bonds is 4. The van der Waals surface area contributed by atoms with Crippen LogP contribution in [0.15, 0.2) is 35.0 Å². The molecule has 118 valence electrons. The number of benzene rings is 1. The molecule has 22 heavy (non-hydrogen) atoms. The molecule has 0 unspecified atom stereocenters. The Balaban J connectivity index is 2.28. The van der Waals surface area contributed by atoms with Crippen LogP contribution in [0.3, 0.4) is 0 Å². The van der Waals surface area contributed by atoms with Gasteiger partial charge in [0.15, 0.2) is 0 Å². The summed E-state index contributed by atoms with van der Waals surface area (Å²) < 4.78 is 38.2. The SMILES string of the molecule is O=C(c1cc(Cl)cc(Cl)c1)N(Cc1ccsc1)CC(F)(F)F. The van der Waals surface area contributed by atoms with Gasteiger partial charge >= 0.3 is 6.18 Å². The molecule has 0 aliphatic heterocycles. The summed E-state index contributed by atoms with van der Waals surface area (Å²) in [5.41, 5.74) is 0.660. The van der Waals surface area contributed by atoms with Crippen molar-refractivity contribution < 1.29 is 18.0 Å². The van der Waals surface area contributed by atoms with Crippen LogP contribution in [0.5, 0.6) is 0 Å². The fourth-order valence-electron chi connectivity index (χ4n) is 1.88. The van der Waals surface area contributed by atoms with Gasteiger partial charge in [0.25, 0.3) is 5.91 Å². The lowest BCUT2D eigenvalue weighted by atomic mass is 10.2. The molecule has 1 aromatic heterocycles. The number of carbonyl (C=O) groups excluding carboxylic acids is 1. The Morgan fingerprint density at radius 1 is 1.18 bits per heavy atom. The van der Waals surface area contributed by atoms with Crippen molar-refractivity contribution >= 4 is 40.4 Å². The quantitative estimate of drug-likeness (QED) is 0.721. The molecule has 0 aliphatic carbocycles. The van der Waals surface area contributed by atoms with Gasteiger partial charge in [0.05, 0.1) is 0 Å². The van der Waals surface area contributed by atoms with Crippen LogP contribution in [0.25, 0.3) is 0 Å². The predicted molar refractivity (Wildman–Crippen MR) is 81.6 cm³/mol. The van der Waals surface area contributed by atoms with E-state index in [2.05, 4.69) is 0 Å². The molecule has 0 atom stereocenters. The Morgan fingerprint density at radius 3 is 2.32 bits per heavy atom. The molecule has 2 rings (SSSR count). The molecule has 0 bridgehead atoms. The Labute approximate surface area is 139 Å². The van der Waals surface area contributed by atoms with Gasteiger partial charge in [-0.05, 0) is 40.6 Å². The van der Waals surface area contributed by atoms with Crippen LogP contribution < -0.4 is 0 Å². The van der Waals surface area contributed by atoms with Crippen molar-refractivity contribution in [1.29, 1.82) is 0 Å². The van der Waals surface area contributed by atoms with Gasteiger partial charge in [0.2, 0.25) is 0 Å². The van der Waals surface area contributed by atoms with Crippen LogP contribution in [-0.4, -0.2) is 23.5 Å². The average molecular weight is 368 g/mol. The highest BCUT2D eigenvalue weighted by molar-refractivity contribution is 7.07. The summed E-state index contributed by atoms with van der Waals surface area (Å²) in [7, 11) is 0. The van der Waals surface area contributed by atoms with E-state index in [0.717, 1.165) is 4.90 Å². The van der Waals surface area contributed by atoms with E-state index < -0.39 is 18.6 Å². The van der Waals surface area contributed by atoms with Gasteiger partial charge in [-0.3, -0.25) is 4.79 Å². The normalized spacial score (nSPS) is 11.5. The van der Waals surface area contributed by atoms with Crippen molar-refractivity contribution in [3.63, 3.8) is 0 Å². The van der Waals surface area contributed by atoms with Crippen molar-refractivity contribution in [1.82, 2.24) is 4.90 Å². The van der Waals surface area contributed by atoms with Crippen molar-refractivity contribution in [3.05, 3.63) is 56.2 Å².